The number of ether oxygens (including phenoxy) is 1. The molecule has 1 aromatic carbocycles. The van der Waals surface area contributed by atoms with Gasteiger partial charge in [-0.3, -0.25) is 4.68 Å². The van der Waals surface area contributed by atoms with E-state index in [0.29, 0.717) is 0 Å². The number of nitrogens with one attached hydrogen (secondary N) is 1. The molecule has 5 heteroatoms. The fourth-order valence-corrected chi connectivity index (χ4v) is 2.55. The molecule has 1 unspecified atom stereocenters. The first-order valence-corrected chi connectivity index (χ1v) is 7.00. The Morgan fingerprint density at radius 3 is 2.65 bits per heavy atom. The predicted molar refractivity (Wildman–Crippen MR) is 81.5 cm³/mol. The minimum atomic E-state index is -0.0199. The number of aromatic nitrogens is 2. The van der Waals surface area contributed by atoms with E-state index in [0.717, 1.165) is 22.0 Å². The van der Waals surface area contributed by atoms with Crippen LogP contribution in [0.15, 0.2) is 30.5 Å². The maximum Gasteiger partial charge on any atom is 0.161 e. The lowest BCUT2D eigenvalue weighted by Gasteiger charge is -2.21. The number of hydrogen-bond acceptors (Lipinski definition) is 3. The van der Waals surface area contributed by atoms with Gasteiger partial charge in [0.1, 0.15) is 5.69 Å². The fourth-order valence-electron chi connectivity index (χ4n) is 2.35. The molecular weight excluding hydrogens is 274 g/mol. The molecule has 0 aliphatic carbocycles. The molecule has 0 amide bonds. The van der Waals surface area contributed by atoms with E-state index in [1.54, 1.807) is 13.3 Å². The zero-order valence-electron chi connectivity index (χ0n) is 12.2. The van der Waals surface area contributed by atoms with Crippen molar-refractivity contribution in [2.24, 2.45) is 0 Å². The third-order valence-electron chi connectivity index (χ3n) is 3.25. The third-order valence-corrected chi connectivity index (χ3v) is 3.49. The fraction of sp³-hybridized carbons (Fsp3) is 0.400. The normalized spacial score (nSPS) is 12.7. The van der Waals surface area contributed by atoms with Gasteiger partial charge in [-0.1, -0.05) is 23.7 Å². The van der Waals surface area contributed by atoms with Crippen molar-refractivity contribution in [1.29, 1.82) is 0 Å². The highest BCUT2D eigenvalue weighted by atomic mass is 35.5. The van der Waals surface area contributed by atoms with E-state index in [9.17, 15) is 0 Å². The van der Waals surface area contributed by atoms with E-state index in [1.165, 1.54) is 0 Å². The minimum Gasteiger partial charge on any atom is -0.493 e. The van der Waals surface area contributed by atoms with Crippen LogP contribution in [-0.4, -0.2) is 23.9 Å². The summed E-state index contributed by atoms with van der Waals surface area (Å²) >= 11 is 6.10. The van der Waals surface area contributed by atoms with Crippen molar-refractivity contribution in [2.45, 2.75) is 25.9 Å². The first kappa shape index (κ1) is 14.9. The molecule has 1 aromatic heterocycles. The molecule has 0 radical (unpaired) electrons. The first-order chi connectivity index (χ1) is 9.58. The molecule has 2 rings (SSSR count). The molecule has 1 atom stereocenters. The van der Waals surface area contributed by atoms with Crippen LogP contribution in [0.3, 0.4) is 0 Å². The van der Waals surface area contributed by atoms with Gasteiger partial charge < -0.3 is 10.1 Å². The average molecular weight is 294 g/mol. The van der Waals surface area contributed by atoms with Crippen molar-refractivity contribution in [3.63, 3.8) is 0 Å². The van der Waals surface area contributed by atoms with E-state index in [2.05, 4.69) is 24.3 Å². The Kier molecular flexibility index (Phi) is 4.68. The summed E-state index contributed by atoms with van der Waals surface area (Å²) in [4.78, 5) is 0. The average Bonchev–Trinajstić information content (AvgIpc) is 2.84. The largest absolute Gasteiger partial charge is 0.493 e. The van der Waals surface area contributed by atoms with Gasteiger partial charge in [-0.15, -0.1) is 0 Å². The quantitative estimate of drug-likeness (QED) is 0.918. The maximum atomic E-state index is 6.10. The Balaban J connectivity index is 2.54. The van der Waals surface area contributed by atoms with Gasteiger partial charge in [0, 0.05) is 11.1 Å². The minimum absolute atomic E-state index is 0.0199. The Bertz CT molecular complexity index is 580. The molecule has 4 nitrogen and oxygen atoms in total. The van der Waals surface area contributed by atoms with Crippen LogP contribution in [-0.2, 0) is 0 Å². The Hall–Kier alpha value is -1.52. The molecule has 1 heterocycles. The van der Waals surface area contributed by atoms with Gasteiger partial charge >= 0.3 is 0 Å². The molecule has 0 spiro atoms. The van der Waals surface area contributed by atoms with E-state index < -0.39 is 0 Å². The lowest BCUT2D eigenvalue weighted by molar-refractivity contribution is 0.396. The summed E-state index contributed by atoms with van der Waals surface area (Å²) in [6.07, 6.45) is 1.75. The molecule has 0 aliphatic heterocycles. The van der Waals surface area contributed by atoms with Crippen LogP contribution in [0.4, 0.5) is 0 Å². The second kappa shape index (κ2) is 6.29. The van der Waals surface area contributed by atoms with Crippen LogP contribution in [0.5, 0.6) is 5.75 Å². The van der Waals surface area contributed by atoms with Crippen LogP contribution >= 0.6 is 11.6 Å². The lowest BCUT2D eigenvalue weighted by Crippen LogP contribution is -2.23. The van der Waals surface area contributed by atoms with Gasteiger partial charge in [-0.25, -0.2) is 0 Å². The van der Waals surface area contributed by atoms with Gasteiger partial charge in [0.15, 0.2) is 5.75 Å². The molecule has 1 N–H and O–H groups in total. The van der Waals surface area contributed by atoms with Crippen LogP contribution in [0.2, 0.25) is 5.02 Å². The highest BCUT2D eigenvalue weighted by Gasteiger charge is 2.23. The standard InChI is InChI=1S/C15H20ClN3O/c1-10(2)19-15(13(20-4)9-18-19)14(17-3)11-6-5-7-12(16)8-11/h5-10,14,17H,1-4H3. The number of methoxy groups -OCH3 is 1. The SMILES string of the molecule is CNC(c1cccc(Cl)c1)c1c(OC)cnn1C(C)C. The highest BCUT2D eigenvalue weighted by molar-refractivity contribution is 6.30. The third kappa shape index (κ3) is 2.81. The van der Waals surface area contributed by atoms with Crippen molar-refractivity contribution in [1.82, 2.24) is 15.1 Å². The predicted octanol–water partition coefficient (Wildman–Crippen LogP) is 3.43. The summed E-state index contributed by atoms with van der Waals surface area (Å²) in [6.45, 7) is 4.20. The molecule has 108 valence electrons. The number of halogens is 1. The van der Waals surface area contributed by atoms with Gasteiger partial charge in [-0.2, -0.15) is 5.10 Å². The summed E-state index contributed by atoms with van der Waals surface area (Å²) in [5, 5.41) is 8.46. The van der Waals surface area contributed by atoms with Crippen molar-refractivity contribution in [3.8, 4) is 5.75 Å². The smallest absolute Gasteiger partial charge is 0.161 e. The molecule has 0 fully saturated rings. The molecule has 0 aliphatic rings. The van der Waals surface area contributed by atoms with Gasteiger partial charge in [-0.05, 0) is 38.6 Å². The zero-order chi connectivity index (χ0) is 14.7. The Morgan fingerprint density at radius 1 is 1.35 bits per heavy atom. The molecule has 20 heavy (non-hydrogen) atoms. The Labute approximate surface area is 124 Å². The van der Waals surface area contributed by atoms with Gasteiger partial charge in [0.2, 0.25) is 0 Å². The first-order valence-electron chi connectivity index (χ1n) is 6.62. The van der Waals surface area contributed by atoms with Gasteiger partial charge in [0.25, 0.3) is 0 Å². The van der Waals surface area contributed by atoms with Crippen molar-refractivity contribution >= 4 is 11.6 Å². The summed E-state index contributed by atoms with van der Waals surface area (Å²) in [5.41, 5.74) is 2.09. The molecule has 2 aromatic rings. The van der Waals surface area contributed by atoms with Crippen LogP contribution < -0.4 is 10.1 Å². The van der Waals surface area contributed by atoms with Crippen LogP contribution in [0.25, 0.3) is 0 Å². The van der Waals surface area contributed by atoms with Crippen molar-refractivity contribution in [3.05, 3.63) is 46.7 Å². The summed E-state index contributed by atoms with van der Waals surface area (Å²) in [7, 11) is 3.58. The molecular formula is C15H20ClN3O. The summed E-state index contributed by atoms with van der Waals surface area (Å²) in [6, 6.07) is 8.06. The van der Waals surface area contributed by atoms with Crippen molar-refractivity contribution in [2.75, 3.05) is 14.2 Å². The Morgan fingerprint density at radius 2 is 2.10 bits per heavy atom. The number of benzene rings is 1. The monoisotopic (exact) mass is 293 g/mol. The maximum absolute atomic E-state index is 6.10. The molecule has 0 bridgehead atoms. The van der Waals surface area contributed by atoms with E-state index >= 15 is 0 Å². The summed E-state index contributed by atoms with van der Waals surface area (Å²) in [5.74, 6) is 0.776. The van der Waals surface area contributed by atoms with E-state index in [4.69, 9.17) is 16.3 Å². The number of rotatable bonds is 5. The highest BCUT2D eigenvalue weighted by Crippen LogP contribution is 2.32. The topological polar surface area (TPSA) is 39.1 Å². The zero-order valence-corrected chi connectivity index (χ0v) is 13.0. The number of hydrogen-bond donors (Lipinski definition) is 1. The van der Waals surface area contributed by atoms with E-state index in [-0.39, 0.29) is 12.1 Å². The van der Waals surface area contributed by atoms with E-state index in [1.807, 2.05) is 36.0 Å². The van der Waals surface area contributed by atoms with Crippen LogP contribution in [0.1, 0.15) is 37.2 Å². The van der Waals surface area contributed by atoms with Crippen molar-refractivity contribution < 1.29 is 4.74 Å². The van der Waals surface area contributed by atoms with Crippen LogP contribution in [0, 0.1) is 0 Å². The number of nitrogens with zero attached hydrogens (tertiary/aromatic N) is 2. The molecule has 0 saturated carbocycles. The molecule has 0 saturated heterocycles. The second-order valence-electron chi connectivity index (χ2n) is 4.91. The van der Waals surface area contributed by atoms with Gasteiger partial charge in [0.05, 0.1) is 19.3 Å². The lowest BCUT2D eigenvalue weighted by atomic mass is 10.0. The summed E-state index contributed by atoms with van der Waals surface area (Å²) < 4.78 is 7.43. The second-order valence-corrected chi connectivity index (χ2v) is 5.35.